The van der Waals surface area contributed by atoms with Gasteiger partial charge in [0.2, 0.25) is 0 Å². The van der Waals surface area contributed by atoms with Crippen LogP contribution in [0.1, 0.15) is 16.1 Å². The number of aromatic nitrogens is 2. The van der Waals surface area contributed by atoms with Crippen LogP contribution in [-0.4, -0.2) is 35.6 Å². The highest BCUT2D eigenvalue weighted by molar-refractivity contribution is 7.15. The van der Waals surface area contributed by atoms with Crippen molar-refractivity contribution in [3.8, 4) is 33.3 Å². The van der Waals surface area contributed by atoms with Crippen molar-refractivity contribution >= 4 is 11.3 Å². The van der Waals surface area contributed by atoms with Crippen molar-refractivity contribution in [3.05, 3.63) is 83.0 Å². The van der Waals surface area contributed by atoms with E-state index in [-0.39, 0.29) is 0 Å². The van der Waals surface area contributed by atoms with Crippen LogP contribution in [0.3, 0.4) is 0 Å². The highest BCUT2D eigenvalue weighted by atomic mass is 32.1. The molecule has 6 heteroatoms. The first kappa shape index (κ1) is 20.7. The number of methoxy groups -OCH3 is 2. The summed E-state index contributed by atoms with van der Waals surface area (Å²) in [6.45, 7) is 2.81. The first-order chi connectivity index (χ1) is 15.7. The van der Waals surface area contributed by atoms with E-state index in [1.807, 2.05) is 47.9 Å². The average molecular weight is 444 g/mol. The molecule has 2 aromatic heterocycles. The molecule has 0 atom stereocenters. The van der Waals surface area contributed by atoms with Crippen LogP contribution in [0.2, 0.25) is 0 Å². The van der Waals surface area contributed by atoms with Crippen LogP contribution in [0.5, 0.6) is 11.5 Å². The molecule has 2 aromatic carbocycles. The van der Waals surface area contributed by atoms with Gasteiger partial charge in [-0.25, -0.2) is 9.97 Å². The van der Waals surface area contributed by atoms with Crippen LogP contribution in [0.25, 0.3) is 21.8 Å². The largest absolute Gasteiger partial charge is 0.493 e. The van der Waals surface area contributed by atoms with E-state index in [9.17, 15) is 0 Å². The van der Waals surface area contributed by atoms with Crippen molar-refractivity contribution in [2.45, 2.75) is 19.5 Å². The van der Waals surface area contributed by atoms with Gasteiger partial charge in [0.05, 0.1) is 19.9 Å². The molecule has 0 fully saturated rings. The molecule has 0 aliphatic carbocycles. The summed E-state index contributed by atoms with van der Waals surface area (Å²) < 4.78 is 10.8. The molecule has 1 aliphatic heterocycles. The molecule has 3 heterocycles. The molecule has 0 saturated heterocycles. The monoisotopic (exact) mass is 443 g/mol. The number of hydrogen-bond acceptors (Lipinski definition) is 6. The molecule has 1 aliphatic rings. The average Bonchev–Trinajstić information content (AvgIpc) is 3.32. The summed E-state index contributed by atoms with van der Waals surface area (Å²) in [6.07, 6.45) is 2.95. The van der Waals surface area contributed by atoms with Crippen LogP contribution in [0, 0.1) is 0 Å². The van der Waals surface area contributed by atoms with E-state index in [4.69, 9.17) is 14.5 Å². The number of thiophene rings is 1. The Morgan fingerprint density at radius 1 is 0.938 bits per heavy atom. The number of hydrogen-bond donors (Lipinski definition) is 0. The molecule has 0 radical (unpaired) electrons. The Morgan fingerprint density at radius 2 is 1.78 bits per heavy atom. The van der Waals surface area contributed by atoms with Crippen LogP contribution < -0.4 is 9.47 Å². The first-order valence-corrected chi connectivity index (χ1v) is 11.5. The molecule has 162 valence electrons. The van der Waals surface area contributed by atoms with Crippen molar-refractivity contribution in [2.75, 3.05) is 20.8 Å². The fourth-order valence-electron chi connectivity index (χ4n) is 4.06. The van der Waals surface area contributed by atoms with Gasteiger partial charge in [-0.3, -0.25) is 4.90 Å². The summed E-state index contributed by atoms with van der Waals surface area (Å²) in [7, 11) is 3.33. The first-order valence-electron chi connectivity index (χ1n) is 10.7. The molecule has 0 saturated carbocycles. The normalized spacial score (nSPS) is 13.6. The van der Waals surface area contributed by atoms with E-state index in [2.05, 4.69) is 40.2 Å². The highest BCUT2D eigenvalue weighted by Crippen LogP contribution is 2.36. The van der Waals surface area contributed by atoms with Gasteiger partial charge in [-0.1, -0.05) is 30.3 Å². The fraction of sp³-hybridized carbons (Fsp3) is 0.231. The predicted molar refractivity (Wildman–Crippen MR) is 128 cm³/mol. The lowest BCUT2D eigenvalue weighted by Gasteiger charge is -2.27. The van der Waals surface area contributed by atoms with Gasteiger partial charge in [0.25, 0.3) is 0 Å². The molecule has 0 amide bonds. The molecule has 0 unspecified atom stereocenters. The van der Waals surface area contributed by atoms with Gasteiger partial charge in [-0.15, -0.1) is 11.3 Å². The zero-order valence-electron chi connectivity index (χ0n) is 18.2. The summed E-state index contributed by atoms with van der Waals surface area (Å²) >= 11 is 1.82. The minimum Gasteiger partial charge on any atom is -0.493 e. The Bertz CT molecular complexity index is 1220. The zero-order chi connectivity index (χ0) is 21.9. The second kappa shape index (κ2) is 9.10. The lowest BCUT2D eigenvalue weighted by molar-refractivity contribution is 0.245. The molecule has 0 bridgehead atoms. The Hall–Kier alpha value is -3.22. The highest BCUT2D eigenvalue weighted by Gasteiger charge is 2.20. The second-order valence-electron chi connectivity index (χ2n) is 7.83. The van der Waals surface area contributed by atoms with Gasteiger partial charge in [0.15, 0.2) is 17.3 Å². The summed E-state index contributed by atoms with van der Waals surface area (Å²) in [6, 6.07) is 20.7. The molecule has 5 nitrogen and oxygen atoms in total. The van der Waals surface area contributed by atoms with Crippen molar-refractivity contribution in [1.82, 2.24) is 14.9 Å². The Labute approximate surface area is 192 Å². The summed E-state index contributed by atoms with van der Waals surface area (Å²) in [5, 5.41) is 0. The SMILES string of the molecule is COc1ccc(-c2ccc(CN3CCc4nc(-c5ccccc5)ncc4C3)s2)cc1OC. The third kappa shape index (κ3) is 4.24. The number of ether oxygens (including phenoxy) is 2. The van der Waals surface area contributed by atoms with E-state index < -0.39 is 0 Å². The predicted octanol–water partition coefficient (Wildman–Crippen LogP) is 5.45. The number of fused-ring (bicyclic) bond motifs is 1. The standard InChI is InChI=1S/C26H25N3O2S/c1-30-23-10-8-19(14-24(23)31-2)25-11-9-21(32-25)17-29-13-12-22-20(16-29)15-27-26(28-22)18-6-4-3-5-7-18/h3-11,14-15H,12-13,16-17H2,1-2H3. The minimum atomic E-state index is 0.748. The van der Waals surface area contributed by atoms with Gasteiger partial charge < -0.3 is 9.47 Å². The van der Waals surface area contributed by atoms with Gasteiger partial charge in [0, 0.05) is 53.1 Å². The summed E-state index contributed by atoms with van der Waals surface area (Å²) in [4.78, 5) is 14.5. The van der Waals surface area contributed by atoms with E-state index in [1.165, 1.54) is 21.0 Å². The molecule has 0 N–H and O–H groups in total. The maximum Gasteiger partial charge on any atom is 0.161 e. The van der Waals surface area contributed by atoms with Crippen LogP contribution in [0.15, 0.2) is 66.9 Å². The maximum atomic E-state index is 5.46. The van der Waals surface area contributed by atoms with Gasteiger partial charge in [-0.2, -0.15) is 0 Å². The minimum absolute atomic E-state index is 0.748. The topological polar surface area (TPSA) is 47.5 Å². The van der Waals surface area contributed by atoms with Gasteiger partial charge in [0.1, 0.15) is 0 Å². The molecule has 32 heavy (non-hydrogen) atoms. The molecule has 4 aromatic rings. The van der Waals surface area contributed by atoms with Crippen molar-refractivity contribution in [3.63, 3.8) is 0 Å². The summed E-state index contributed by atoms with van der Waals surface area (Å²) in [5.74, 6) is 2.32. The molecule has 5 rings (SSSR count). The van der Waals surface area contributed by atoms with Gasteiger partial charge in [-0.05, 0) is 35.9 Å². The van der Waals surface area contributed by atoms with E-state index in [0.717, 1.165) is 54.5 Å². The van der Waals surface area contributed by atoms with Crippen molar-refractivity contribution in [2.24, 2.45) is 0 Å². The number of nitrogens with zero attached hydrogens (tertiary/aromatic N) is 3. The van der Waals surface area contributed by atoms with E-state index in [0.29, 0.717) is 0 Å². The van der Waals surface area contributed by atoms with Gasteiger partial charge >= 0.3 is 0 Å². The fourth-order valence-corrected chi connectivity index (χ4v) is 5.11. The quantitative estimate of drug-likeness (QED) is 0.397. The molecular formula is C26H25N3O2S. The Morgan fingerprint density at radius 3 is 2.59 bits per heavy atom. The van der Waals surface area contributed by atoms with E-state index in [1.54, 1.807) is 14.2 Å². The van der Waals surface area contributed by atoms with Crippen LogP contribution in [0.4, 0.5) is 0 Å². The van der Waals surface area contributed by atoms with Crippen molar-refractivity contribution < 1.29 is 9.47 Å². The Balaban J connectivity index is 1.28. The third-order valence-electron chi connectivity index (χ3n) is 5.75. The maximum absolute atomic E-state index is 5.46. The number of benzene rings is 2. The third-order valence-corrected chi connectivity index (χ3v) is 6.87. The van der Waals surface area contributed by atoms with Crippen LogP contribution in [-0.2, 0) is 19.5 Å². The van der Waals surface area contributed by atoms with Crippen molar-refractivity contribution in [1.29, 1.82) is 0 Å². The number of rotatable bonds is 6. The van der Waals surface area contributed by atoms with Crippen LogP contribution >= 0.6 is 11.3 Å². The zero-order valence-corrected chi connectivity index (χ0v) is 19.1. The Kier molecular flexibility index (Phi) is 5.88. The smallest absolute Gasteiger partial charge is 0.161 e. The van der Waals surface area contributed by atoms with E-state index >= 15 is 0 Å². The lowest BCUT2D eigenvalue weighted by Crippen LogP contribution is -2.30. The lowest BCUT2D eigenvalue weighted by atomic mass is 10.1. The second-order valence-corrected chi connectivity index (χ2v) is 9.00. The molecular weight excluding hydrogens is 418 g/mol. The molecule has 0 spiro atoms. The summed E-state index contributed by atoms with van der Waals surface area (Å²) in [5.41, 5.74) is 4.61.